The Morgan fingerprint density at radius 3 is 2.00 bits per heavy atom. The van der Waals surface area contributed by atoms with E-state index in [4.69, 9.17) is 24.8 Å². The van der Waals surface area contributed by atoms with Crippen LogP contribution < -0.4 is 0 Å². The molecule has 1 aliphatic heterocycles. The number of aliphatic hydroxyl groups is 8. The van der Waals surface area contributed by atoms with Gasteiger partial charge in [-0.05, 0) is 0 Å². The minimum Gasteiger partial charge on any atom is -0.412 e. The number of hydrogen-bond donors (Lipinski definition) is 8. The van der Waals surface area contributed by atoms with Gasteiger partial charge in [0.15, 0.2) is 12.1 Å². The van der Waals surface area contributed by atoms with Crippen LogP contribution in [0.5, 0.6) is 0 Å². The predicted molar refractivity (Wildman–Crippen MR) is 77.1 cm³/mol. The van der Waals surface area contributed by atoms with Gasteiger partial charge < -0.3 is 61.3 Å². The molecule has 8 atom stereocenters. The van der Waals surface area contributed by atoms with Crippen LogP contribution in [0.25, 0.3) is 0 Å². The van der Waals surface area contributed by atoms with Crippen LogP contribution in [0.1, 0.15) is 0 Å². The third-order valence-electron chi connectivity index (χ3n) is 3.50. The highest BCUT2D eigenvalue weighted by atomic mass is 16.7. The Kier molecular flexibility index (Phi) is 12.4. The van der Waals surface area contributed by atoms with E-state index in [2.05, 4.69) is 0 Å². The molecule has 0 aromatic rings. The predicted octanol–water partition coefficient (Wildman–Crippen LogP) is -7.20. The first-order valence-corrected chi connectivity index (χ1v) is 6.85. The lowest BCUT2D eigenvalue weighted by molar-refractivity contribution is -0.323. The second-order valence-electron chi connectivity index (χ2n) is 5.12. The van der Waals surface area contributed by atoms with Crippen molar-refractivity contribution in [1.29, 1.82) is 0 Å². The molecule has 0 bridgehead atoms. The van der Waals surface area contributed by atoms with Crippen LogP contribution in [0.15, 0.2) is 0 Å². The third-order valence-corrected chi connectivity index (χ3v) is 3.50. The van der Waals surface area contributed by atoms with E-state index >= 15 is 0 Å². The van der Waals surface area contributed by atoms with Crippen LogP contribution in [0, 0.1) is 0 Å². The molecule has 1 fully saturated rings. The van der Waals surface area contributed by atoms with Crippen molar-refractivity contribution >= 4 is 5.78 Å². The molecule has 13 heteroatoms. The number of carbonyl (C=O) groups excluding carboxylic acids is 1. The summed E-state index contributed by atoms with van der Waals surface area (Å²) in [6.07, 6.45) is -13.8. The summed E-state index contributed by atoms with van der Waals surface area (Å²) < 4.78 is 10.1. The van der Waals surface area contributed by atoms with Gasteiger partial charge in [0, 0.05) is 0 Å². The lowest BCUT2D eigenvalue weighted by atomic mass is 9.98. The Morgan fingerprint density at radius 1 is 1.00 bits per heavy atom. The summed E-state index contributed by atoms with van der Waals surface area (Å²) in [4.78, 5) is 11.3. The number of aliphatic hydroxyl groups excluding tert-OH is 8. The molecule has 0 aromatic heterocycles. The normalized spacial score (nSPS) is 32.7. The first-order valence-electron chi connectivity index (χ1n) is 6.85. The second-order valence-corrected chi connectivity index (χ2v) is 5.12. The lowest BCUT2D eigenvalue weighted by Gasteiger charge is -2.41. The standard InChI is InChI=1S/C12H22O11.2H2O/c13-1-4(16)7(18)11(5(17)2-14)23-12-10(21)9(20)8(19)6(3-15)22-12;;/h5-15,17-21H,1-3H2;2*1H2/t5-,6-,7+,8+,9+,10-,11+,12+;;/m1../s1. The summed E-state index contributed by atoms with van der Waals surface area (Å²) in [6, 6.07) is 0. The molecule has 0 radical (unpaired) electrons. The van der Waals surface area contributed by atoms with Crippen molar-refractivity contribution in [3.8, 4) is 0 Å². The third kappa shape index (κ3) is 6.14. The lowest BCUT2D eigenvalue weighted by Crippen LogP contribution is -2.61. The van der Waals surface area contributed by atoms with Crippen LogP contribution in [0.4, 0.5) is 0 Å². The molecule has 0 saturated carbocycles. The molecule has 13 nitrogen and oxygen atoms in total. The van der Waals surface area contributed by atoms with Gasteiger partial charge in [-0.15, -0.1) is 0 Å². The van der Waals surface area contributed by atoms with Crippen molar-refractivity contribution in [2.45, 2.75) is 49.0 Å². The van der Waals surface area contributed by atoms with E-state index in [1.54, 1.807) is 0 Å². The van der Waals surface area contributed by atoms with Gasteiger partial charge in [0.1, 0.15) is 49.3 Å². The zero-order valence-electron chi connectivity index (χ0n) is 13.0. The molecular weight excluding hydrogens is 352 g/mol. The largest absolute Gasteiger partial charge is 0.412 e. The maximum atomic E-state index is 11.3. The van der Waals surface area contributed by atoms with Crippen molar-refractivity contribution in [2.24, 2.45) is 0 Å². The number of hydrogen-bond acceptors (Lipinski definition) is 11. The van der Waals surface area contributed by atoms with Gasteiger partial charge in [0.05, 0.1) is 13.2 Å². The van der Waals surface area contributed by atoms with E-state index in [0.29, 0.717) is 0 Å². The Balaban J connectivity index is 0. The summed E-state index contributed by atoms with van der Waals surface area (Å²) in [5, 5.41) is 75.1. The maximum Gasteiger partial charge on any atom is 0.189 e. The molecule has 0 aromatic carbocycles. The van der Waals surface area contributed by atoms with Gasteiger partial charge in [-0.3, -0.25) is 4.79 Å². The van der Waals surface area contributed by atoms with Crippen LogP contribution in [0.3, 0.4) is 0 Å². The van der Waals surface area contributed by atoms with Gasteiger partial charge in [0.25, 0.3) is 0 Å². The maximum absolute atomic E-state index is 11.3. The Hall–Kier alpha value is -0.810. The summed E-state index contributed by atoms with van der Waals surface area (Å²) in [6.45, 7) is -2.71. The van der Waals surface area contributed by atoms with Crippen molar-refractivity contribution in [3.63, 3.8) is 0 Å². The van der Waals surface area contributed by atoms with Crippen molar-refractivity contribution in [2.75, 3.05) is 19.8 Å². The zero-order valence-corrected chi connectivity index (χ0v) is 13.0. The Labute approximate surface area is 141 Å². The van der Waals surface area contributed by atoms with E-state index in [-0.39, 0.29) is 11.0 Å². The molecule has 1 aliphatic rings. The number of Topliss-reactive ketones (excluding diaryl/α,β-unsaturated/α-hetero) is 1. The number of carbonyl (C=O) groups is 1. The quantitative estimate of drug-likeness (QED) is 0.196. The van der Waals surface area contributed by atoms with E-state index < -0.39 is 74.6 Å². The average molecular weight is 378 g/mol. The minimum atomic E-state index is -2.05. The van der Waals surface area contributed by atoms with Gasteiger partial charge in [-0.1, -0.05) is 0 Å². The number of rotatable bonds is 8. The second kappa shape index (κ2) is 11.7. The topological polar surface area (TPSA) is 260 Å². The molecule has 0 amide bonds. The van der Waals surface area contributed by atoms with Crippen molar-refractivity contribution < 1.29 is 66.1 Å². The molecule has 1 heterocycles. The minimum absolute atomic E-state index is 0. The van der Waals surface area contributed by atoms with Gasteiger partial charge in [-0.2, -0.15) is 0 Å². The Morgan fingerprint density at radius 2 is 1.56 bits per heavy atom. The van der Waals surface area contributed by atoms with Crippen molar-refractivity contribution in [1.82, 2.24) is 0 Å². The zero-order chi connectivity index (χ0) is 17.7. The smallest absolute Gasteiger partial charge is 0.189 e. The van der Waals surface area contributed by atoms with Crippen LogP contribution in [0.2, 0.25) is 0 Å². The number of ketones is 1. The fourth-order valence-corrected chi connectivity index (χ4v) is 2.09. The Bertz CT molecular complexity index is 378. The molecule has 1 rings (SSSR count). The monoisotopic (exact) mass is 378 g/mol. The van der Waals surface area contributed by atoms with Gasteiger partial charge >= 0.3 is 0 Å². The molecule has 0 aliphatic carbocycles. The molecule has 0 spiro atoms. The van der Waals surface area contributed by atoms with Gasteiger partial charge in [-0.25, -0.2) is 0 Å². The van der Waals surface area contributed by atoms with E-state index in [1.807, 2.05) is 0 Å². The average Bonchev–Trinajstić information content (AvgIpc) is 2.57. The summed E-state index contributed by atoms with van der Waals surface area (Å²) in [5.41, 5.74) is 0. The summed E-state index contributed by atoms with van der Waals surface area (Å²) in [5.74, 6) is -1.12. The molecule has 152 valence electrons. The number of ether oxygens (including phenoxy) is 2. The highest BCUT2D eigenvalue weighted by Crippen LogP contribution is 2.24. The van der Waals surface area contributed by atoms with E-state index in [9.17, 15) is 30.3 Å². The van der Waals surface area contributed by atoms with Crippen LogP contribution in [-0.4, -0.2) is 126 Å². The first kappa shape index (κ1) is 26.4. The van der Waals surface area contributed by atoms with E-state index in [1.165, 1.54) is 0 Å². The molecular formula is C12H26O13. The van der Waals surface area contributed by atoms with Crippen LogP contribution in [-0.2, 0) is 14.3 Å². The molecule has 1 saturated heterocycles. The molecule has 12 N–H and O–H groups in total. The van der Waals surface area contributed by atoms with Crippen molar-refractivity contribution in [3.05, 3.63) is 0 Å². The fraction of sp³-hybridized carbons (Fsp3) is 0.917. The van der Waals surface area contributed by atoms with Gasteiger partial charge in [0.2, 0.25) is 0 Å². The fourth-order valence-electron chi connectivity index (χ4n) is 2.09. The summed E-state index contributed by atoms with van der Waals surface area (Å²) >= 11 is 0. The highest BCUT2D eigenvalue weighted by Gasteiger charge is 2.46. The summed E-state index contributed by atoms with van der Waals surface area (Å²) in [7, 11) is 0. The van der Waals surface area contributed by atoms with E-state index in [0.717, 1.165) is 0 Å². The molecule has 0 unspecified atom stereocenters. The highest BCUT2D eigenvalue weighted by molar-refractivity contribution is 5.84. The first-order chi connectivity index (χ1) is 10.8. The molecule has 25 heavy (non-hydrogen) atoms. The van der Waals surface area contributed by atoms with Crippen LogP contribution >= 0.6 is 0 Å². The SMILES string of the molecule is O.O.O=C(CO)[C@H](O)[C@@H](O[C@@H]1O[C@H](CO)[C@H](O)[C@H](O)[C@H]1O)[C@H](O)CO.